The largest absolute Gasteiger partial charge is 0.467 e. The molecule has 16 fully saturated rings. The van der Waals surface area contributed by atoms with Gasteiger partial charge in [-0.3, -0.25) is 33.6 Å². The monoisotopic (exact) mass is 1700 g/mol. The molecule has 2 atom stereocenters. The highest BCUT2D eigenvalue weighted by atomic mass is 16.5. The van der Waals surface area contributed by atoms with E-state index in [0.717, 1.165) is 127 Å². The summed E-state index contributed by atoms with van der Waals surface area (Å²) in [5, 5.41) is 20.3. The molecule has 24 bridgehead atoms. The van der Waals surface area contributed by atoms with Gasteiger partial charge in [0.2, 0.25) is 35.4 Å². The minimum atomic E-state index is -1.08. The average molecular weight is 1700 g/mol. The fourth-order valence-corrected chi connectivity index (χ4v) is 29.2. The van der Waals surface area contributed by atoms with Crippen LogP contribution in [0.5, 0.6) is 0 Å². The predicted molar refractivity (Wildman–Crippen MR) is 493 cm³/mol. The Kier molecular flexibility index (Phi) is 20.6. The molecular formula is C106H116N12O9. The van der Waals surface area contributed by atoms with E-state index in [1.807, 2.05) is 129 Å². The van der Waals surface area contributed by atoms with E-state index in [9.17, 15) is 14.4 Å². The molecule has 127 heavy (non-hydrogen) atoms. The minimum Gasteiger partial charge on any atom is -0.467 e. The second-order valence-electron chi connectivity index (χ2n) is 42.4. The van der Waals surface area contributed by atoms with Crippen molar-refractivity contribution < 1.29 is 43.1 Å². The van der Waals surface area contributed by atoms with E-state index in [4.69, 9.17) is 14.7 Å². The lowest BCUT2D eigenvalue weighted by Gasteiger charge is -2.55. The van der Waals surface area contributed by atoms with Crippen LogP contribution in [0, 0.1) is 98.6 Å². The number of Topliss-reactive ketones (excluding diaryl/α,β-unsaturated/α-hetero) is 1. The Morgan fingerprint density at radius 3 is 1.11 bits per heavy atom. The summed E-state index contributed by atoms with van der Waals surface area (Å²) in [5.41, 5.74) is 10.7. The summed E-state index contributed by atoms with van der Waals surface area (Å²) in [6.07, 6.45) is 35.5. The van der Waals surface area contributed by atoms with Crippen LogP contribution in [-0.2, 0) is 44.7 Å². The van der Waals surface area contributed by atoms with Gasteiger partial charge in [0.05, 0.1) is 63.4 Å². The third-order valence-electron chi connectivity index (χ3n) is 33.0. The maximum absolute atomic E-state index is 16.6. The number of nitrogens with one attached hydrogen (secondary N) is 9. The Morgan fingerprint density at radius 2 is 0.764 bits per heavy atom. The smallest absolute Gasteiger partial charge is 0.328 e. The van der Waals surface area contributed by atoms with Gasteiger partial charge in [-0.1, -0.05) is 86.6 Å². The summed E-state index contributed by atoms with van der Waals surface area (Å²) >= 11 is 0. The number of anilines is 4. The van der Waals surface area contributed by atoms with Crippen molar-refractivity contribution in [3.63, 3.8) is 0 Å². The summed E-state index contributed by atoms with van der Waals surface area (Å²) in [5.74, 6) is 4.19. The van der Waals surface area contributed by atoms with E-state index in [0.29, 0.717) is 178 Å². The number of carbonyl (C=O) groups excluding carboxylic acids is 8. The number of benzene rings is 4. The number of para-hydroxylation sites is 4. The van der Waals surface area contributed by atoms with Gasteiger partial charge in [0.15, 0.2) is 5.78 Å². The lowest BCUT2D eigenvalue weighted by molar-refractivity contribution is -0.145. The number of rotatable bonds is 25. The number of hydrogen-bond acceptors (Lipinski definition) is 12. The van der Waals surface area contributed by atoms with Gasteiger partial charge in [0, 0.05) is 121 Å². The number of esters is 1. The van der Waals surface area contributed by atoms with Gasteiger partial charge in [-0.05, 0) is 311 Å². The zero-order valence-electron chi connectivity index (χ0n) is 73.1. The maximum atomic E-state index is 16.6. The maximum Gasteiger partial charge on any atom is 0.328 e. The second kappa shape index (κ2) is 32.1. The molecule has 4 aromatic heterocycles. The summed E-state index contributed by atoms with van der Waals surface area (Å²) in [7, 11) is 1.26. The molecule has 0 radical (unpaired) electrons. The Hall–Kier alpha value is -11.4. The summed E-state index contributed by atoms with van der Waals surface area (Å²) in [6.45, 7) is 3.90. The van der Waals surface area contributed by atoms with Crippen LogP contribution in [-0.4, -0.2) is 96.3 Å². The predicted octanol–water partition coefficient (Wildman–Crippen LogP) is 20.5. The standard InChI is InChI=1S/C106H116N12O9/c1-58(2)29-88(97(121)114-89(98(122)127-3)42-71-56-107-57-108-71)112-91(120)22-12-21-90(119)76-43-87-94(74-15-6-10-19-79(74)117-101(125)105-50-65-36-66(51-105)38-67(37-65)52-105)85-26-25-83(110-85)92(72-13-4-8-17-77(72)115-99(123)103-44-59-30-60(45-103)32-61(31-59)46-103)81-23-24-82(109-81)93(73-14-5-9-18-78(73)116-100(124)104-47-62-33-63(48-104)35-64(34-62)49-104)84-27-28-86(111-84)95(96(76)113-87)75-16-7-11-20-80(75)118-102(126)106-53-68-39-69(54-106)41-70(40-68)55-106/h4-11,13-20,23-28,43,56-70,88-89,109,113H,12,21-22,29-42,44-55H2,1-3H3,(H,107,108)(H,112,120)(H,114,121)(H,115,123)(H,116,124)(H,117,125)(H,118,126)/t59?,60?,61?,62?,63?,64?,65?,66?,67?,68?,69?,70?,88-,89?,103?,104?,105?,106?/m1/s1. The van der Waals surface area contributed by atoms with E-state index in [2.05, 4.69) is 76.1 Å². The van der Waals surface area contributed by atoms with Crippen molar-refractivity contribution in [2.45, 2.75) is 212 Å². The normalized spacial score (nSPS) is 29.4. The highest BCUT2D eigenvalue weighted by Crippen LogP contribution is 2.65. The molecule has 9 N–H and O–H groups in total. The van der Waals surface area contributed by atoms with Gasteiger partial charge in [-0.2, -0.15) is 0 Å². The molecule has 26 rings (SSSR count). The van der Waals surface area contributed by atoms with Crippen molar-refractivity contribution in [3.8, 4) is 44.5 Å². The molecule has 0 saturated heterocycles. The zero-order valence-corrected chi connectivity index (χ0v) is 73.1. The van der Waals surface area contributed by atoms with Gasteiger partial charge in [0.25, 0.3) is 0 Å². The van der Waals surface area contributed by atoms with Crippen molar-refractivity contribution in [2.24, 2.45) is 98.6 Å². The van der Waals surface area contributed by atoms with Gasteiger partial charge in [-0.25, -0.2) is 19.7 Å². The third kappa shape index (κ3) is 15.1. The topological polar surface area (TPSA) is 304 Å². The minimum absolute atomic E-state index is 0.00801. The van der Waals surface area contributed by atoms with Gasteiger partial charge in [-0.15, -0.1) is 0 Å². The van der Waals surface area contributed by atoms with Crippen LogP contribution in [0.2, 0.25) is 0 Å². The lowest BCUT2D eigenvalue weighted by Crippen LogP contribution is -2.52. The molecule has 6 heterocycles. The SMILES string of the molecule is COC(=O)C(Cc1cnc[nH]1)NC(=O)[C@@H](CC(C)C)NC(=O)CCCC(=O)c1cc2[nH]c1c(-c1ccccc1NC(=O)C13CC4CC(CC(C4)C1)C3)c1nc(c(-c3ccccc3NC(=O)C34CC5CC(CC(C5)C3)C4)c3ccc([nH]3)c(-c3ccccc3NC(=O)C34CC5CC(CC(C5)C3)C4)c3nc(c2-c2ccccc2NC(=O)C24CC5CC(CC(C5)C2)C4)C=C3)C=C1. The van der Waals surface area contributed by atoms with E-state index in [1.54, 1.807) is 6.20 Å². The zero-order chi connectivity index (χ0) is 86.4. The number of aromatic amines is 3. The summed E-state index contributed by atoms with van der Waals surface area (Å²) in [6, 6.07) is 35.8. The lowest BCUT2D eigenvalue weighted by atomic mass is 9.49. The number of fused-ring (bicyclic) bond motifs is 8. The van der Waals surface area contributed by atoms with Crippen LogP contribution < -0.4 is 31.9 Å². The number of hydrogen-bond donors (Lipinski definition) is 9. The molecule has 4 aromatic carbocycles. The molecular weight excluding hydrogens is 1590 g/mol. The first-order valence-corrected chi connectivity index (χ1v) is 47.6. The Bertz CT molecular complexity index is 5940. The highest BCUT2D eigenvalue weighted by Gasteiger charge is 2.59. The number of carbonyl (C=O) groups is 8. The van der Waals surface area contributed by atoms with Crippen molar-refractivity contribution in [1.82, 2.24) is 40.5 Å². The van der Waals surface area contributed by atoms with E-state index >= 15 is 24.0 Å². The van der Waals surface area contributed by atoms with Crippen molar-refractivity contribution in [3.05, 3.63) is 162 Å². The van der Waals surface area contributed by atoms with Crippen LogP contribution in [0.15, 0.2) is 128 Å². The van der Waals surface area contributed by atoms with Crippen molar-refractivity contribution in [2.75, 3.05) is 28.4 Å². The quantitative estimate of drug-likeness (QED) is 0.0191. The first-order valence-electron chi connectivity index (χ1n) is 47.6. The number of imidazole rings is 1. The molecule has 654 valence electrons. The molecule has 16 saturated carbocycles. The van der Waals surface area contributed by atoms with Gasteiger partial charge < -0.3 is 51.6 Å². The molecule has 16 aliphatic carbocycles. The molecule has 21 heteroatoms. The van der Waals surface area contributed by atoms with Crippen LogP contribution >= 0.6 is 0 Å². The Morgan fingerprint density at radius 1 is 0.417 bits per heavy atom. The first kappa shape index (κ1) is 81.4. The highest BCUT2D eigenvalue weighted by molar-refractivity contribution is 6.14. The fourth-order valence-electron chi connectivity index (χ4n) is 29.2. The number of aromatic nitrogens is 6. The van der Waals surface area contributed by atoms with Crippen LogP contribution in [0.1, 0.15) is 232 Å². The number of ether oxygens (including phenoxy) is 1. The van der Waals surface area contributed by atoms with E-state index in [-0.39, 0.29) is 73.0 Å². The van der Waals surface area contributed by atoms with Crippen molar-refractivity contribution in [1.29, 1.82) is 0 Å². The number of ketones is 1. The Labute approximate surface area is 741 Å². The summed E-state index contributed by atoms with van der Waals surface area (Å²) in [4.78, 5) is 149. The number of H-pyrrole nitrogens is 3. The summed E-state index contributed by atoms with van der Waals surface area (Å²) < 4.78 is 5.14. The van der Waals surface area contributed by atoms with Gasteiger partial charge >= 0.3 is 5.97 Å². The molecule has 2 aliphatic heterocycles. The van der Waals surface area contributed by atoms with E-state index in [1.165, 1.54) is 52.0 Å². The molecule has 6 amide bonds. The molecule has 0 spiro atoms. The molecule has 21 nitrogen and oxygen atoms in total. The number of amides is 6. The number of methoxy groups -OCH3 is 1. The Balaban J connectivity index is 0.750. The number of nitrogens with zero attached hydrogens (tertiary/aromatic N) is 3. The van der Waals surface area contributed by atoms with Crippen LogP contribution in [0.3, 0.4) is 0 Å². The molecule has 18 aliphatic rings. The van der Waals surface area contributed by atoms with E-state index < -0.39 is 51.5 Å². The fraction of sp³-hybridized carbons (Fsp3) is 0.481. The average Bonchev–Trinajstić information content (AvgIpc) is 0.993. The van der Waals surface area contributed by atoms with Crippen LogP contribution in [0.4, 0.5) is 22.7 Å². The van der Waals surface area contributed by atoms with Crippen LogP contribution in [0.25, 0.3) is 90.9 Å². The molecule has 1 unspecified atom stereocenters. The first-order chi connectivity index (χ1) is 61.6. The van der Waals surface area contributed by atoms with Gasteiger partial charge in [0.1, 0.15) is 12.1 Å². The molecule has 8 aromatic rings. The third-order valence-corrected chi connectivity index (χ3v) is 33.0. The second-order valence-corrected chi connectivity index (χ2v) is 42.4. The van der Waals surface area contributed by atoms with Crippen molar-refractivity contribution >= 4 is 116 Å².